The molecule has 5 nitrogen and oxygen atoms in total. The highest BCUT2D eigenvalue weighted by atomic mass is 16.5. The summed E-state index contributed by atoms with van der Waals surface area (Å²) < 4.78 is 5.75. The number of nitrogens with one attached hydrogen (secondary N) is 1. The van der Waals surface area contributed by atoms with Crippen molar-refractivity contribution in [1.82, 2.24) is 10.2 Å². The van der Waals surface area contributed by atoms with Crippen LogP contribution in [0.5, 0.6) is 5.88 Å². The van der Waals surface area contributed by atoms with Crippen molar-refractivity contribution < 1.29 is 4.74 Å². The van der Waals surface area contributed by atoms with Gasteiger partial charge in [0.05, 0.1) is 11.8 Å². The van der Waals surface area contributed by atoms with E-state index in [1.807, 2.05) is 0 Å². The molecular formula is C11H16N4O. The van der Waals surface area contributed by atoms with Gasteiger partial charge in [-0.1, -0.05) is 6.42 Å². The molecule has 1 fully saturated rings. The van der Waals surface area contributed by atoms with Gasteiger partial charge in [0.25, 0.3) is 0 Å². The molecule has 2 rings (SSSR count). The number of nitrogen functional groups attached to an aromatic ring is 1. The standard InChI is InChI=1S/C11H16N4O/c12-10(13)9-6-7-14-15-11(9)16-8-4-2-1-3-5-8/h6-8H,1-5H2,(H3,12,13). The van der Waals surface area contributed by atoms with Crippen LogP contribution in [0.3, 0.4) is 0 Å². The molecule has 1 heterocycles. The van der Waals surface area contributed by atoms with Gasteiger partial charge < -0.3 is 10.5 Å². The molecule has 16 heavy (non-hydrogen) atoms. The van der Waals surface area contributed by atoms with Crippen LogP contribution in [0.1, 0.15) is 37.7 Å². The first kappa shape index (κ1) is 10.9. The van der Waals surface area contributed by atoms with Crippen LogP contribution in [0.15, 0.2) is 12.3 Å². The minimum absolute atomic E-state index is 0.0271. The summed E-state index contributed by atoms with van der Waals surface area (Å²) in [5.74, 6) is 0.364. The summed E-state index contributed by atoms with van der Waals surface area (Å²) >= 11 is 0. The Morgan fingerprint density at radius 2 is 2.12 bits per heavy atom. The molecule has 5 heteroatoms. The number of nitrogens with two attached hydrogens (primary N) is 1. The highest BCUT2D eigenvalue weighted by Crippen LogP contribution is 2.23. The number of hydrogen-bond donors (Lipinski definition) is 2. The zero-order valence-electron chi connectivity index (χ0n) is 9.15. The van der Waals surface area contributed by atoms with E-state index in [0.717, 1.165) is 12.8 Å². The van der Waals surface area contributed by atoms with Gasteiger partial charge in [-0.3, -0.25) is 5.41 Å². The molecule has 1 aromatic heterocycles. The molecule has 0 bridgehead atoms. The average molecular weight is 220 g/mol. The van der Waals surface area contributed by atoms with Gasteiger partial charge in [0.15, 0.2) is 0 Å². The fourth-order valence-electron chi connectivity index (χ4n) is 1.95. The van der Waals surface area contributed by atoms with Crippen molar-refractivity contribution in [2.45, 2.75) is 38.2 Å². The van der Waals surface area contributed by atoms with E-state index in [9.17, 15) is 0 Å². The molecule has 3 N–H and O–H groups in total. The maximum Gasteiger partial charge on any atom is 0.244 e. The van der Waals surface area contributed by atoms with Gasteiger partial charge >= 0.3 is 0 Å². The Balaban J connectivity index is 2.10. The van der Waals surface area contributed by atoms with Crippen LogP contribution in [0.4, 0.5) is 0 Å². The molecule has 0 radical (unpaired) electrons. The van der Waals surface area contributed by atoms with Gasteiger partial charge in [-0.2, -0.15) is 5.10 Å². The molecule has 86 valence electrons. The van der Waals surface area contributed by atoms with Gasteiger partial charge in [0.2, 0.25) is 5.88 Å². The largest absolute Gasteiger partial charge is 0.473 e. The van der Waals surface area contributed by atoms with Crippen LogP contribution >= 0.6 is 0 Å². The smallest absolute Gasteiger partial charge is 0.244 e. The number of hydrogen-bond acceptors (Lipinski definition) is 4. The molecule has 0 saturated heterocycles. The quantitative estimate of drug-likeness (QED) is 0.596. The van der Waals surface area contributed by atoms with E-state index in [0.29, 0.717) is 11.4 Å². The summed E-state index contributed by atoms with van der Waals surface area (Å²) in [5, 5.41) is 15.1. The first-order chi connectivity index (χ1) is 7.77. The molecule has 0 aromatic carbocycles. The second kappa shape index (κ2) is 4.92. The first-order valence-corrected chi connectivity index (χ1v) is 5.60. The monoisotopic (exact) mass is 220 g/mol. The Kier molecular flexibility index (Phi) is 3.34. The predicted octanol–water partition coefficient (Wildman–Crippen LogP) is 1.47. The van der Waals surface area contributed by atoms with E-state index in [4.69, 9.17) is 15.9 Å². The van der Waals surface area contributed by atoms with Crippen LogP contribution in [-0.4, -0.2) is 22.1 Å². The predicted molar refractivity (Wildman–Crippen MR) is 60.5 cm³/mol. The van der Waals surface area contributed by atoms with Gasteiger partial charge in [-0.15, -0.1) is 5.10 Å². The first-order valence-electron chi connectivity index (χ1n) is 5.60. The van der Waals surface area contributed by atoms with Gasteiger partial charge in [-0.25, -0.2) is 0 Å². The van der Waals surface area contributed by atoms with Crippen LogP contribution in [0, 0.1) is 5.41 Å². The fourth-order valence-corrected chi connectivity index (χ4v) is 1.95. The average Bonchev–Trinajstić information content (AvgIpc) is 2.31. The minimum Gasteiger partial charge on any atom is -0.473 e. The van der Waals surface area contributed by atoms with Crippen molar-refractivity contribution in [3.63, 3.8) is 0 Å². The molecule has 1 aromatic rings. The van der Waals surface area contributed by atoms with Crippen molar-refractivity contribution >= 4 is 5.84 Å². The third-order valence-corrected chi connectivity index (χ3v) is 2.81. The Bertz CT molecular complexity index is 374. The van der Waals surface area contributed by atoms with E-state index >= 15 is 0 Å². The van der Waals surface area contributed by atoms with Crippen LogP contribution in [0.2, 0.25) is 0 Å². The van der Waals surface area contributed by atoms with Crippen molar-refractivity contribution in [2.24, 2.45) is 5.73 Å². The molecule has 0 spiro atoms. The Morgan fingerprint density at radius 3 is 2.81 bits per heavy atom. The molecule has 0 amide bonds. The summed E-state index contributed by atoms with van der Waals surface area (Å²) in [6.07, 6.45) is 7.48. The second-order valence-electron chi connectivity index (χ2n) is 4.04. The topological polar surface area (TPSA) is 84.9 Å². The lowest BCUT2D eigenvalue weighted by molar-refractivity contribution is 0.147. The SMILES string of the molecule is N=C(N)c1ccnnc1OC1CCCCC1. The van der Waals surface area contributed by atoms with Crippen LogP contribution in [0.25, 0.3) is 0 Å². The van der Waals surface area contributed by atoms with Crippen molar-refractivity contribution in [2.75, 3.05) is 0 Å². The summed E-state index contributed by atoms with van der Waals surface area (Å²) in [6, 6.07) is 1.66. The maximum absolute atomic E-state index is 7.42. The third-order valence-electron chi connectivity index (χ3n) is 2.81. The zero-order chi connectivity index (χ0) is 11.4. The lowest BCUT2D eigenvalue weighted by atomic mass is 9.98. The van der Waals surface area contributed by atoms with E-state index in [1.54, 1.807) is 6.07 Å². The fraction of sp³-hybridized carbons (Fsp3) is 0.545. The molecule has 0 aliphatic heterocycles. The number of rotatable bonds is 3. The van der Waals surface area contributed by atoms with E-state index in [-0.39, 0.29) is 11.9 Å². The van der Waals surface area contributed by atoms with Crippen molar-refractivity contribution in [3.05, 3.63) is 17.8 Å². The van der Waals surface area contributed by atoms with Crippen LogP contribution < -0.4 is 10.5 Å². The van der Waals surface area contributed by atoms with Gasteiger partial charge in [-0.05, 0) is 31.7 Å². The Hall–Kier alpha value is -1.65. The van der Waals surface area contributed by atoms with Gasteiger partial charge in [0, 0.05) is 0 Å². The van der Waals surface area contributed by atoms with Crippen molar-refractivity contribution in [1.29, 1.82) is 5.41 Å². The zero-order valence-corrected chi connectivity index (χ0v) is 9.15. The molecule has 1 aliphatic carbocycles. The summed E-state index contributed by atoms with van der Waals surface area (Å²) in [6.45, 7) is 0. The van der Waals surface area contributed by atoms with E-state index < -0.39 is 0 Å². The normalized spacial score (nSPS) is 17.0. The second-order valence-corrected chi connectivity index (χ2v) is 4.04. The highest BCUT2D eigenvalue weighted by Gasteiger charge is 2.18. The summed E-state index contributed by atoms with van der Waals surface area (Å²) in [5.41, 5.74) is 5.98. The Labute approximate surface area is 94.5 Å². The molecule has 0 unspecified atom stereocenters. The maximum atomic E-state index is 7.42. The minimum atomic E-state index is -0.0271. The van der Waals surface area contributed by atoms with Crippen molar-refractivity contribution in [3.8, 4) is 5.88 Å². The third kappa shape index (κ3) is 2.48. The lowest BCUT2D eigenvalue weighted by Gasteiger charge is -2.22. The van der Waals surface area contributed by atoms with Crippen LogP contribution in [-0.2, 0) is 0 Å². The van der Waals surface area contributed by atoms with E-state index in [2.05, 4.69) is 10.2 Å². The lowest BCUT2D eigenvalue weighted by Crippen LogP contribution is -2.23. The van der Waals surface area contributed by atoms with E-state index in [1.165, 1.54) is 25.5 Å². The Morgan fingerprint density at radius 1 is 1.38 bits per heavy atom. The summed E-state index contributed by atoms with van der Waals surface area (Å²) in [4.78, 5) is 0. The molecule has 1 saturated carbocycles. The molecule has 1 aliphatic rings. The van der Waals surface area contributed by atoms with Gasteiger partial charge in [0.1, 0.15) is 11.9 Å². The summed E-state index contributed by atoms with van der Waals surface area (Å²) in [7, 11) is 0. The highest BCUT2D eigenvalue weighted by molar-refractivity contribution is 5.96. The number of nitrogens with zero attached hydrogens (tertiary/aromatic N) is 2. The number of ether oxygens (including phenoxy) is 1. The number of aromatic nitrogens is 2. The number of amidine groups is 1. The molecule has 0 atom stereocenters. The molecular weight excluding hydrogens is 204 g/mol.